The van der Waals surface area contributed by atoms with Crippen molar-refractivity contribution < 1.29 is 4.74 Å². The zero-order valence-electron chi connectivity index (χ0n) is 12.1. The van der Waals surface area contributed by atoms with Crippen LogP contribution < -0.4 is 0 Å². The van der Waals surface area contributed by atoms with E-state index in [1.165, 1.54) is 5.57 Å². The first-order chi connectivity index (χ1) is 7.09. The van der Waals surface area contributed by atoms with Gasteiger partial charge in [-0.05, 0) is 12.5 Å². The van der Waals surface area contributed by atoms with Gasteiger partial charge in [0.15, 0.2) is 0 Å². The number of ether oxygens (including phenoxy) is 1. The third-order valence-corrected chi connectivity index (χ3v) is 10.0. The maximum absolute atomic E-state index is 4.91. The van der Waals surface area contributed by atoms with Gasteiger partial charge in [0.1, 0.15) is 22.7 Å². The van der Waals surface area contributed by atoms with E-state index in [1.54, 1.807) is 13.4 Å². The van der Waals surface area contributed by atoms with Gasteiger partial charge in [0, 0.05) is 6.54 Å². The molecule has 0 heterocycles. The molecule has 0 aliphatic rings. The Morgan fingerprint density at radius 2 is 1.56 bits per heavy atom. The molecule has 0 aromatic carbocycles. The molecule has 16 heavy (non-hydrogen) atoms. The van der Waals surface area contributed by atoms with E-state index < -0.39 is 16.5 Å². The third kappa shape index (κ3) is 5.70. The van der Waals surface area contributed by atoms with E-state index >= 15 is 0 Å². The summed E-state index contributed by atoms with van der Waals surface area (Å²) in [6.07, 6.45) is 1.64. The minimum Gasteiger partial charge on any atom is -0.496 e. The van der Waals surface area contributed by atoms with Crippen LogP contribution in [0.5, 0.6) is 0 Å². The zero-order chi connectivity index (χ0) is 13.0. The average molecular weight is 258 g/mol. The van der Waals surface area contributed by atoms with Gasteiger partial charge in [-0.25, -0.2) is 0 Å². The maximum Gasteiger partial charge on any atom is 0.125 e. The van der Waals surface area contributed by atoms with Crippen molar-refractivity contribution in [1.29, 1.82) is 0 Å². The lowest BCUT2D eigenvalue weighted by atomic mass is 10.3. The highest BCUT2D eigenvalue weighted by Crippen LogP contribution is 2.20. The van der Waals surface area contributed by atoms with Crippen molar-refractivity contribution in [3.8, 4) is 0 Å². The molecule has 0 unspecified atom stereocenters. The summed E-state index contributed by atoms with van der Waals surface area (Å²) in [6, 6.07) is 0. The molecule has 0 N–H and O–H groups in total. The quantitative estimate of drug-likeness (QED) is 0.423. The lowest BCUT2D eigenvalue weighted by Gasteiger charge is -2.43. The van der Waals surface area contributed by atoms with Crippen LogP contribution in [0.2, 0.25) is 39.3 Å². The summed E-state index contributed by atoms with van der Waals surface area (Å²) in [7, 11) is -0.827. The second kappa shape index (κ2) is 5.87. The van der Waals surface area contributed by atoms with Crippen molar-refractivity contribution in [3.63, 3.8) is 0 Å². The molecule has 0 spiro atoms. The molecule has 0 atom stereocenters. The van der Waals surface area contributed by atoms with Crippen LogP contribution in [0.15, 0.2) is 17.6 Å². The minimum atomic E-state index is -1.24. The van der Waals surface area contributed by atoms with Crippen molar-refractivity contribution in [3.05, 3.63) is 17.6 Å². The molecule has 4 heteroatoms. The van der Waals surface area contributed by atoms with Gasteiger partial charge in [0.25, 0.3) is 0 Å². The molecular weight excluding hydrogens is 230 g/mol. The molecule has 0 saturated heterocycles. The van der Waals surface area contributed by atoms with Crippen LogP contribution in [-0.2, 0) is 4.74 Å². The van der Waals surface area contributed by atoms with Gasteiger partial charge in [0.2, 0.25) is 0 Å². The number of methoxy groups -OCH3 is 1. The molecule has 0 fully saturated rings. The Bertz CT molecular complexity index is 266. The molecule has 0 saturated carbocycles. The predicted octanol–water partition coefficient (Wildman–Crippen LogP) is 3.66. The van der Waals surface area contributed by atoms with Crippen LogP contribution in [0, 0.1) is 0 Å². The monoisotopic (exact) mass is 257 g/mol. The van der Waals surface area contributed by atoms with Gasteiger partial charge in [-0.1, -0.05) is 45.0 Å². The molecular formula is C12H27NOSi2. The fraction of sp³-hybridized carbons (Fsp3) is 0.750. The molecule has 2 nitrogen and oxygen atoms in total. The number of nitrogens with zero attached hydrogens (tertiary/aromatic N) is 1. The topological polar surface area (TPSA) is 12.5 Å². The minimum absolute atomic E-state index is 1.03. The molecule has 0 aromatic rings. The Labute approximate surface area is 103 Å². The normalized spacial score (nSPS) is 12.3. The molecule has 94 valence electrons. The summed E-state index contributed by atoms with van der Waals surface area (Å²) in [4.78, 5) is 0. The molecule has 0 aliphatic heterocycles. The Kier molecular flexibility index (Phi) is 5.76. The first-order valence-corrected chi connectivity index (χ1v) is 12.7. The highest BCUT2D eigenvalue weighted by molar-refractivity contribution is 6.89. The van der Waals surface area contributed by atoms with Gasteiger partial charge in [-0.3, -0.25) is 0 Å². The van der Waals surface area contributed by atoms with Crippen LogP contribution in [0.1, 0.15) is 6.92 Å². The lowest BCUT2D eigenvalue weighted by molar-refractivity contribution is 0.338. The Balaban J connectivity index is 4.92. The van der Waals surface area contributed by atoms with Crippen LogP contribution in [-0.4, -0.2) is 34.4 Å². The van der Waals surface area contributed by atoms with Crippen molar-refractivity contribution in [2.45, 2.75) is 46.2 Å². The van der Waals surface area contributed by atoms with Gasteiger partial charge in [-0.15, -0.1) is 0 Å². The van der Waals surface area contributed by atoms with Crippen molar-refractivity contribution >= 4 is 16.5 Å². The molecule has 0 rings (SSSR count). The van der Waals surface area contributed by atoms with Crippen LogP contribution in [0.3, 0.4) is 0 Å². The summed E-state index contributed by atoms with van der Waals surface area (Å²) in [5, 5.41) is 0. The summed E-state index contributed by atoms with van der Waals surface area (Å²) in [5.74, 6) is 0. The second-order valence-corrected chi connectivity index (χ2v) is 16.4. The van der Waals surface area contributed by atoms with Gasteiger partial charge in [0.05, 0.1) is 7.11 Å². The zero-order valence-corrected chi connectivity index (χ0v) is 14.1. The number of hydrogen-bond acceptors (Lipinski definition) is 2. The largest absolute Gasteiger partial charge is 0.496 e. The first-order valence-electron chi connectivity index (χ1n) is 5.80. The fourth-order valence-electron chi connectivity index (χ4n) is 1.92. The van der Waals surface area contributed by atoms with E-state index in [9.17, 15) is 0 Å². The predicted molar refractivity (Wildman–Crippen MR) is 77.7 cm³/mol. The molecule has 0 radical (unpaired) electrons. The van der Waals surface area contributed by atoms with E-state index in [-0.39, 0.29) is 0 Å². The Hall–Kier alpha value is -0.286. The molecule has 0 amide bonds. The van der Waals surface area contributed by atoms with Gasteiger partial charge >= 0.3 is 0 Å². The third-order valence-electron chi connectivity index (χ3n) is 2.44. The highest BCUT2D eigenvalue weighted by atomic mass is 28.4. The molecule has 0 aromatic heterocycles. The smallest absolute Gasteiger partial charge is 0.125 e. The highest BCUT2D eigenvalue weighted by Gasteiger charge is 2.33. The summed E-state index contributed by atoms with van der Waals surface area (Å²) in [5.41, 5.74) is 4.44. The summed E-state index contributed by atoms with van der Waals surface area (Å²) in [6.45, 7) is 17.7. The van der Waals surface area contributed by atoms with E-state index in [0.29, 0.717) is 0 Å². The van der Waals surface area contributed by atoms with Crippen LogP contribution in [0.4, 0.5) is 0 Å². The summed E-state index contributed by atoms with van der Waals surface area (Å²) >= 11 is 0. The first kappa shape index (κ1) is 15.7. The van der Waals surface area contributed by atoms with Crippen LogP contribution >= 0.6 is 0 Å². The lowest BCUT2D eigenvalue weighted by Crippen LogP contribution is -2.59. The van der Waals surface area contributed by atoms with Gasteiger partial charge < -0.3 is 8.97 Å². The maximum atomic E-state index is 4.91. The van der Waals surface area contributed by atoms with Crippen molar-refractivity contribution in [2.75, 3.05) is 13.7 Å². The Morgan fingerprint density at radius 1 is 1.12 bits per heavy atom. The van der Waals surface area contributed by atoms with Crippen molar-refractivity contribution in [1.82, 2.24) is 4.23 Å². The van der Waals surface area contributed by atoms with E-state index in [0.717, 1.165) is 6.54 Å². The number of rotatable bonds is 5. The van der Waals surface area contributed by atoms with E-state index in [4.69, 9.17) is 4.74 Å². The fourth-order valence-corrected chi connectivity index (χ4v) is 11.4. The molecule has 0 aliphatic carbocycles. The standard InChI is InChI=1S/C12H27NOSi2/c1-12(9-10-14-2)11-13(15(3,4)5)16(6,7)8/h10H,11H2,1-8H3. The Morgan fingerprint density at radius 3 is 1.88 bits per heavy atom. The average Bonchev–Trinajstić information content (AvgIpc) is 2.07. The SMILES string of the molecule is COC=C=C(C)CN([Si](C)(C)C)[Si](C)(C)C. The number of hydrogen-bond donors (Lipinski definition) is 0. The van der Waals surface area contributed by atoms with Crippen molar-refractivity contribution in [2.24, 2.45) is 0 Å². The second-order valence-electron chi connectivity index (χ2n) is 6.21. The van der Waals surface area contributed by atoms with Crippen LogP contribution in [0.25, 0.3) is 0 Å². The van der Waals surface area contributed by atoms with E-state index in [2.05, 4.69) is 56.2 Å². The molecule has 0 bridgehead atoms. The summed E-state index contributed by atoms with van der Waals surface area (Å²) < 4.78 is 7.65. The van der Waals surface area contributed by atoms with Gasteiger partial charge in [-0.2, -0.15) is 0 Å². The van der Waals surface area contributed by atoms with E-state index in [1.807, 2.05) is 0 Å².